The number of hydrogen-bond donors (Lipinski definition) is 1. The van der Waals surface area contributed by atoms with E-state index in [1.165, 1.54) is 6.07 Å². The minimum absolute atomic E-state index is 0.0436. The number of nitrogens with one attached hydrogen (secondary N) is 1. The van der Waals surface area contributed by atoms with Crippen LogP contribution in [0.1, 0.15) is 24.2 Å². The van der Waals surface area contributed by atoms with Gasteiger partial charge in [-0.3, -0.25) is 15.1 Å². The SMILES string of the molecule is Cc1cc(NC(C)c2ccccn2)ccc1[N+](=O)[O-]. The molecule has 1 aromatic carbocycles. The van der Waals surface area contributed by atoms with Gasteiger partial charge in [0.25, 0.3) is 5.69 Å². The van der Waals surface area contributed by atoms with E-state index in [-0.39, 0.29) is 16.7 Å². The first kappa shape index (κ1) is 13.0. The monoisotopic (exact) mass is 257 g/mol. The Morgan fingerprint density at radius 2 is 2.11 bits per heavy atom. The molecule has 0 saturated heterocycles. The van der Waals surface area contributed by atoms with E-state index in [1.807, 2.05) is 25.1 Å². The third-order valence-electron chi connectivity index (χ3n) is 2.91. The molecule has 1 aromatic heterocycles. The minimum atomic E-state index is -0.374. The van der Waals surface area contributed by atoms with Gasteiger partial charge in [0.05, 0.1) is 16.7 Å². The molecule has 1 unspecified atom stereocenters. The standard InChI is InChI=1S/C14H15N3O2/c1-10-9-12(6-7-14(10)17(18)19)16-11(2)13-5-3-4-8-15-13/h3-9,11,16H,1-2H3. The second kappa shape index (κ2) is 5.48. The Hall–Kier alpha value is -2.43. The van der Waals surface area contributed by atoms with Crippen LogP contribution in [0.3, 0.4) is 0 Å². The summed E-state index contributed by atoms with van der Waals surface area (Å²) in [5.74, 6) is 0. The highest BCUT2D eigenvalue weighted by Crippen LogP contribution is 2.24. The number of nitro groups is 1. The number of nitrogens with zero attached hydrogens (tertiary/aromatic N) is 2. The van der Waals surface area contributed by atoms with Crippen LogP contribution in [-0.2, 0) is 0 Å². The van der Waals surface area contributed by atoms with Crippen molar-refractivity contribution in [2.45, 2.75) is 19.9 Å². The van der Waals surface area contributed by atoms with Gasteiger partial charge in [0.1, 0.15) is 0 Å². The maximum atomic E-state index is 10.8. The van der Waals surface area contributed by atoms with Crippen molar-refractivity contribution in [2.75, 3.05) is 5.32 Å². The van der Waals surface area contributed by atoms with Crippen LogP contribution in [0.4, 0.5) is 11.4 Å². The zero-order chi connectivity index (χ0) is 13.8. The van der Waals surface area contributed by atoms with E-state index in [4.69, 9.17) is 0 Å². The predicted octanol–water partition coefficient (Wildman–Crippen LogP) is 3.47. The Balaban J connectivity index is 2.16. The maximum Gasteiger partial charge on any atom is 0.272 e. The summed E-state index contributed by atoms with van der Waals surface area (Å²) in [7, 11) is 0. The molecule has 2 rings (SSSR count). The fourth-order valence-electron chi connectivity index (χ4n) is 1.91. The van der Waals surface area contributed by atoms with E-state index < -0.39 is 0 Å². The van der Waals surface area contributed by atoms with E-state index >= 15 is 0 Å². The molecule has 98 valence electrons. The largest absolute Gasteiger partial charge is 0.377 e. The molecule has 5 nitrogen and oxygen atoms in total. The van der Waals surface area contributed by atoms with Crippen molar-refractivity contribution >= 4 is 11.4 Å². The van der Waals surface area contributed by atoms with Crippen LogP contribution in [0.25, 0.3) is 0 Å². The summed E-state index contributed by atoms with van der Waals surface area (Å²) in [5.41, 5.74) is 2.55. The molecule has 0 fully saturated rings. The minimum Gasteiger partial charge on any atom is -0.377 e. The highest BCUT2D eigenvalue weighted by molar-refractivity contribution is 5.54. The van der Waals surface area contributed by atoms with Gasteiger partial charge < -0.3 is 5.32 Å². The Labute approximate surface area is 111 Å². The third kappa shape index (κ3) is 3.07. The first-order chi connectivity index (χ1) is 9.08. The smallest absolute Gasteiger partial charge is 0.272 e. The highest BCUT2D eigenvalue weighted by atomic mass is 16.6. The second-order valence-corrected chi connectivity index (χ2v) is 4.38. The van der Waals surface area contributed by atoms with Crippen molar-refractivity contribution < 1.29 is 4.92 Å². The first-order valence-electron chi connectivity index (χ1n) is 6.00. The number of pyridine rings is 1. The van der Waals surface area contributed by atoms with Gasteiger partial charge in [-0.1, -0.05) is 6.07 Å². The summed E-state index contributed by atoms with van der Waals surface area (Å²) >= 11 is 0. The number of aryl methyl sites for hydroxylation is 1. The average molecular weight is 257 g/mol. The van der Waals surface area contributed by atoms with Gasteiger partial charge in [-0.05, 0) is 38.1 Å². The summed E-state index contributed by atoms with van der Waals surface area (Å²) in [6, 6.07) is 10.8. The van der Waals surface area contributed by atoms with E-state index in [2.05, 4.69) is 10.3 Å². The maximum absolute atomic E-state index is 10.8. The number of aromatic nitrogens is 1. The molecule has 2 aromatic rings. The van der Waals surface area contributed by atoms with Crippen molar-refractivity contribution in [1.82, 2.24) is 4.98 Å². The molecule has 0 aliphatic rings. The molecule has 0 bridgehead atoms. The normalized spacial score (nSPS) is 11.9. The number of hydrogen-bond acceptors (Lipinski definition) is 4. The molecule has 0 spiro atoms. The van der Waals surface area contributed by atoms with Crippen molar-refractivity contribution in [1.29, 1.82) is 0 Å². The van der Waals surface area contributed by atoms with Crippen LogP contribution in [0.5, 0.6) is 0 Å². The molecule has 19 heavy (non-hydrogen) atoms. The molecule has 0 radical (unpaired) electrons. The molecule has 0 saturated carbocycles. The molecule has 1 heterocycles. The zero-order valence-corrected chi connectivity index (χ0v) is 10.8. The Morgan fingerprint density at radius 3 is 2.68 bits per heavy atom. The number of rotatable bonds is 4. The molecular weight excluding hydrogens is 242 g/mol. The summed E-state index contributed by atoms with van der Waals surface area (Å²) in [5, 5.41) is 14.0. The summed E-state index contributed by atoms with van der Waals surface area (Å²) in [6.45, 7) is 3.73. The lowest BCUT2D eigenvalue weighted by Crippen LogP contribution is -2.08. The average Bonchev–Trinajstić information content (AvgIpc) is 2.39. The van der Waals surface area contributed by atoms with Crippen LogP contribution in [0, 0.1) is 17.0 Å². The zero-order valence-electron chi connectivity index (χ0n) is 10.8. The second-order valence-electron chi connectivity index (χ2n) is 4.38. The van der Waals surface area contributed by atoms with Crippen molar-refractivity contribution in [3.63, 3.8) is 0 Å². The lowest BCUT2D eigenvalue weighted by molar-refractivity contribution is -0.385. The highest BCUT2D eigenvalue weighted by Gasteiger charge is 2.12. The van der Waals surface area contributed by atoms with E-state index in [9.17, 15) is 10.1 Å². The molecule has 0 aliphatic heterocycles. The summed E-state index contributed by atoms with van der Waals surface area (Å²) < 4.78 is 0. The number of nitro benzene ring substituents is 1. The van der Waals surface area contributed by atoms with E-state index in [0.29, 0.717) is 5.56 Å². The Morgan fingerprint density at radius 1 is 1.32 bits per heavy atom. The topological polar surface area (TPSA) is 68.1 Å². The predicted molar refractivity (Wildman–Crippen MR) is 74.1 cm³/mol. The van der Waals surface area contributed by atoms with Crippen LogP contribution < -0.4 is 5.32 Å². The fourth-order valence-corrected chi connectivity index (χ4v) is 1.91. The number of anilines is 1. The van der Waals surface area contributed by atoms with Crippen LogP contribution in [-0.4, -0.2) is 9.91 Å². The molecular formula is C14H15N3O2. The van der Waals surface area contributed by atoms with Gasteiger partial charge in [0.15, 0.2) is 0 Å². The first-order valence-corrected chi connectivity index (χ1v) is 6.00. The van der Waals surface area contributed by atoms with Gasteiger partial charge >= 0.3 is 0 Å². The number of benzene rings is 1. The van der Waals surface area contributed by atoms with Crippen molar-refractivity contribution in [3.8, 4) is 0 Å². The van der Waals surface area contributed by atoms with E-state index in [1.54, 1.807) is 25.3 Å². The third-order valence-corrected chi connectivity index (χ3v) is 2.91. The van der Waals surface area contributed by atoms with Gasteiger partial charge in [-0.2, -0.15) is 0 Å². The van der Waals surface area contributed by atoms with Gasteiger partial charge in [-0.25, -0.2) is 0 Å². The van der Waals surface area contributed by atoms with Crippen molar-refractivity contribution in [3.05, 3.63) is 64.0 Å². The Kier molecular flexibility index (Phi) is 3.75. The molecule has 0 aliphatic carbocycles. The van der Waals surface area contributed by atoms with Crippen LogP contribution in [0.15, 0.2) is 42.6 Å². The van der Waals surface area contributed by atoms with E-state index in [0.717, 1.165) is 11.4 Å². The molecule has 0 amide bonds. The lowest BCUT2D eigenvalue weighted by Gasteiger charge is -2.15. The summed E-state index contributed by atoms with van der Waals surface area (Å²) in [4.78, 5) is 14.7. The van der Waals surface area contributed by atoms with Gasteiger partial charge in [0, 0.05) is 23.5 Å². The van der Waals surface area contributed by atoms with Crippen molar-refractivity contribution in [2.24, 2.45) is 0 Å². The molecule has 5 heteroatoms. The molecule has 1 atom stereocenters. The fraction of sp³-hybridized carbons (Fsp3) is 0.214. The van der Waals surface area contributed by atoms with Gasteiger partial charge in [-0.15, -0.1) is 0 Å². The quantitative estimate of drug-likeness (QED) is 0.672. The molecule has 1 N–H and O–H groups in total. The van der Waals surface area contributed by atoms with Gasteiger partial charge in [0.2, 0.25) is 0 Å². The van der Waals surface area contributed by atoms with Crippen LogP contribution >= 0.6 is 0 Å². The van der Waals surface area contributed by atoms with Crippen LogP contribution in [0.2, 0.25) is 0 Å². The Bertz CT molecular complexity index is 584. The summed E-state index contributed by atoms with van der Waals surface area (Å²) in [6.07, 6.45) is 1.74. The lowest BCUT2D eigenvalue weighted by atomic mass is 10.1.